The number of aliphatic hydroxyl groups is 1. The van der Waals surface area contributed by atoms with Crippen LogP contribution < -0.4 is 10.1 Å². The van der Waals surface area contributed by atoms with Gasteiger partial charge in [0, 0.05) is 24.5 Å². The maximum atomic E-state index is 13.4. The van der Waals surface area contributed by atoms with E-state index in [2.05, 4.69) is 20.3 Å². The minimum atomic E-state index is -4.48. The van der Waals surface area contributed by atoms with Gasteiger partial charge in [-0.05, 0) is 45.4 Å². The molecule has 37 heavy (non-hydrogen) atoms. The molecule has 0 saturated heterocycles. The molecular formula is C25H26ClF3N6O2. The summed E-state index contributed by atoms with van der Waals surface area (Å²) in [5.74, 6) is 2.10. The van der Waals surface area contributed by atoms with Crippen LogP contribution in [0.15, 0.2) is 24.4 Å². The summed E-state index contributed by atoms with van der Waals surface area (Å²) < 4.78 is 49.3. The van der Waals surface area contributed by atoms with Crippen molar-refractivity contribution < 1.29 is 23.0 Å². The lowest BCUT2D eigenvalue weighted by atomic mass is 9.88. The largest absolute Gasteiger partial charge is 0.481 e. The number of rotatable bonds is 5. The molecule has 1 atom stereocenters. The smallest absolute Gasteiger partial charge is 0.406 e. The number of benzene rings is 1. The van der Waals surface area contributed by atoms with E-state index in [0.717, 1.165) is 13.8 Å². The Bertz CT molecular complexity index is 1560. The highest BCUT2D eigenvalue weighted by Crippen LogP contribution is 2.47. The Morgan fingerprint density at radius 2 is 1.86 bits per heavy atom. The van der Waals surface area contributed by atoms with E-state index in [1.165, 1.54) is 7.11 Å². The SMILES string of the molecule is COc1nc2ccc(C3(O)c4c(nc(C)n4C)-n4c3cnc4C)cc2c(Cl)c1CNC(C)(C)C(F)(F)F. The van der Waals surface area contributed by atoms with E-state index in [1.54, 1.807) is 24.4 Å². The average Bonchev–Trinajstić information content (AvgIpc) is 3.43. The Morgan fingerprint density at radius 1 is 1.16 bits per heavy atom. The van der Waals surface area contributed by atoms with E-state index < -0.39 is 17.3 Å². The van der Waals surface area contributed by atoms with E-state index in [1.807, 2.05) is 30.0 Å². The number of hydrogen-bond donors (Lipinski definition) is 2. The van der Waals surface area contributed by atoms with Gasteiger partial charge in [0.05, 0.1) is 29.5 Å². The second-order valence-electron chi connectivity index (χ2n) is 9.75. The molecule has 0 saturated carbocycles. The number of alkyl halides is 3. The van der Waals surface area contributed by atoms with Gasteiger partial charge in [-0.15, -0.1) is 0 Å². The van der Waals surface area contributed by atoms with Crippen molar-refractivity contribution in [1.82, 2.24) is 29.4 Å². The van der Waals surface area contributed by atoms with Crippen LogP contribution in [0, 0.1) is 13.8 Å². The Labute approximate surface area is 216 Å². The fourth-order valence-electron chi connectivity index (χ4n) is 4.73. The molecule has 4 heterocycles. The number of pyridine rings is 1. The number of hydrogen-bond acceptors (Lipinski definition) is 6. The maximum absolute atomic E-state index is 13.4. The number of halogens is 4. The van der Waals surface area contributed by atoms with Gasteiger partial charge in [-0.2, -0.15) is 13.2 Å². The summed E-state index contributed by atoms with van der Waals surface area (Å²) in [6.45, 7) is 5.55. The summed E-state index contributed by atoms with van der Waals surface area (Å²) in [4.78, 5) is 13.5. The zero-order chi connectivity index (χ0) is 27.1. The number of nitrogens with one attached hydrogen (secondary N) is 1. The molecule has 0 fully saturated rings. The third-order valence-corrected chi connectivity index (χ3v) is 7.60. The third-order valence-electron chi connectivity index (χ3n) is 7.17. The quantitative estimate of drug-likeness (QED) is 0.393. The Kier molecular flexibility index (Phi) is 5.63. The molecule has 3 aromatic heterocycles. The van der Waals surface area contributed by atoms with Crippen LogP contribution in [0.5, 0.6) is 5.88 Å². The minimum Gasteiger partial charge on any atom is -0.481 e. The second kappa shape index (κ2) is 8.17. The number of nitrogens with zero attached hydrogens (tertiary/aromatic N) is 5. The molecular weight excluding hydrogens is 509 g/mol. The van der Waals surface area contributed by atoms with E-state index in [0.29, 0.717) is 45.3 Å². The van der Waals surface area contributed by atoms with Gasteiger partial charge in [0.15, 0.2) is 11.4 Å². The molecule has 196 valence electrons. The molecule has 0 amide bonds. The monoisotopic (exact) mass is 534 g/mol. The highest BCUT2D eigenvalue weighted by atomic mass is 35.5. The highest BCUT2D eigenvalue weighted by molar-refractivity contribution is 6.36. The first kappa shape index (κ1) is 25.5. The minimum absolute atomic E-state index is 0.119. The molecule has 8 nitrogen and oxygen atoms in total. The van der Waals surface area contributed by atoms with Crippen LogP contribution >= 0.6 is 11.6 Å². The second-order valence-corrected chi connectivity index (χ2v) is 10.1. The van der Waals surface area contributed by atoms with Gasteiger partial charge in [-0.3, -0.25) is 9.88 Å². The van der Waals surface area contributed by atoms with Crippen molar-refractivity contribution in [1.29, 1.82) is 0 Å². The zero-order valence-electron chi connectivity index (χ0n) is 21.1. The van der Waals surface area contributed by atoms with E-state index in [9.17, 15) is 18.3 Å². The molecule has 2 N–H and O–H groups in total. The summed E-state index contributed by atoms with van der Waals surface area (Å²) in [6.07, 6.45) is -2.87. The van der Waals surface area contributed by atoms with Crippen molar-refractivity contribution in [2.75, 3.05) is 7.11 Å². The van der Waals surface area contributed by atoms with Gasteiger partial charge in [-0.1, -0.05) is 17.7 Å². The fraction of sp³-hybridized carbons (Fsp3) is 0.400. The summed E-state index contributed by atoms with van der Waals surface area (Å²) >= 11 is 6.77. The van der Waals surface area contributed by atoms with Crippen LogP contribution in [-0.2, 0) is 19.2 Å². The van der Waals surface area contributed by atoms with E-state index >= 15 is 0 Å². The van der Waals surface area contributed by atoms with Crippen molar-refractivity contribution in [3.8, 4) is 11.7 Å². The first-order valence-corrected chi connectivity index (χ1v) is 11.9. The van der Waals surface area contributed by atoms with Crippen LogP contribution in [-0.4, -0.2) is 48.0 Å². The molecule has 0 aliphatic carbocycles. The normalized spacial score (nSPS) is 17.4. The molecule has 0 radical (unpaired) electrons. The van der Waals surface area contributed by atoms with Crippen LogP contribution in [0.4, 0.5) is 13.2 Å². The van der Waals surface area contributed by atoms with Crippen molar-refractivity contribution in [3.63, 3.8) is 0 Å². The predicted octanol–water partition coefficient (Wildman–Crippen LogP) is 4.46. The van der Waals surface area contributed by atoms with E-state index in [4.69, 9.17) is 16.3 Å². The van der Waals surface area contributed by atoms with Gasteiger partial charge in [0.25, 0.3) is 0 Å². The van der Waals surface area contributed by atoms with Crippen molar-refractivity contribution in [2.45, 2.75) is 51.6 Å². The number of aryl methyl sites for hydroxylation is 2. The first-order valence-electron chi connectivity index (χ1n) is 11.5. The number of methoxy groups -OCH3 is 1. The zero-order valence-corrected chi connectivity index (χ0v) is 21.9. The maximum Gasteiger partial charge on any atom is 0.406 e. The number of ether oxygens (including phenoxy) is 1. The van der Waals surface area contributed by atoms with Crippen LogP contribution in [0.2, 0.25) is 5.02 Å². The lowest BCUT2D eigenvalue weighted by molar-refractivity contribution is -0.186. The van der Waals surface area contributed by atoms with E-state index in [-0.39, 0.29) is 23.0 Å². The molecule has 12 heteroatoms. The first-order chi connectivity index (χ1) is 17.2. The predicted molar refractivity (Wildman–Crippen MR) is 132 cm³/mol. The summed E-state index contributed by atoms with van der Waals surface area (Å²) in [5.41, 5.74) is -1.41. The Morgan fingerprint density at radius 3 is 2.51 bits per heavy atom. The third kappa shape index (κ3) is 3.55. The van der Waals surface area contributed by atoms with Gasteiger partial charge in [0.2, 0.25) is 5.88 Å². The van der Waals surface area contributed by atoms with Crippen LogP contribution in [0.3, 0.4) is 0 Å². The van der Waals surface area contributed by atoms with Gasteiger partial charge in [0.1, 0.15) is 22.9 Å². The molecule has 1 aliphatic heterocycles. The molecule has 5 rings (SSSR count). The van der Waals surface area contributed by atoms with Gasteiger partial charge >= 0.3 is 6.18 Å². The summed E-state index contributed by atoms with van der Waals surface area (Å²) in [7, 11) is 3.21. The summed E-state index contributed by atoms with van der Waals surface area (Å²) in [5, 5.41) is 15.4. The average molecular weight is 535 g/mol. The lowest BCUT2D eigenvalue weighted by Crippen LogP contribution is -2.51. The highest BCUT2D eigenvalue weighted by Gasteiger charge is 2.49. The van der Waals surface area contributed by atoms with Crippen LogP contribution in [0.1, 0.15) is 48.0 Å². The Hall–Kier alpha value is -3.15. The fourth-order valence-corrected chi connectivity index (χ4v) is 5.02. The van der Waals surface area contributed by atoms with Crippen molar-refractivity contribution in [3.05, 3.63) is 63.6 Å². The summed E-state index contributed by atoms with van der Waals surface area (Å²) in [6, 6.07) is 5.13. The molecule has 4 aromatic rings. The number of aromatic nitrogens is 5. The van der Waals surface area contributed by atoms with Crippen molar-refractivity contribution in [2.24, 2.45) is 7.05 Å². The topological polar surface area (TPSA) is 90.0 Å². The Balaban J connectivity index is 1.68. The van der Waals surface area contributed by atoms with Gasteiger partial charge < -0.3 is 14.4 Å². The lowest BCUT2D eigenvalue weighted by Gasteiger charge is -2.29. The van der Waals surface area contributed by atoms with Crippen molar-refractivity contribution >= 4 is 22.5 Å². The molecule has 1 aromatic carbocycles. The van der Waals surface area contributed by atoms with Gasteiger partial charge in [-0.25, -0.2) is 15.0 Å². The van der Waals surface area contributed by atoms with Crippen LogP contribution in [0.25, 0.3) is 16.7 Å². The standard InChI is InChI=1S/C25H26ClF3N6O2/c1-12-30-11-18-24(36,20-21(35(12)18)32-13(2)34(20)5)14-7-8-17-15(9-14)19(26)16(22(33-17)37-6)10-31-23(3,4)25(27,28)29/h7-9,11,31,36H,10H2,1-6H3. The number of fused-ring (bicyclic) bond motifs is 4. The number of imidazole rings is 2. The molecule has 0 spiro atoms. The molecule has 1 aliphatic rings. The molecule has 0 bridgehead atoms. The molecule has 1 unspecified atom stereocenters.